The van der Waals surface area contributed by atoms with Crippen LogP contribution in [0.3, 0.4) is 0 Å². The van der Waals surface area contributed by atoms with Crippen molar-refractivity contribution in [3.8, 4) is 11.5 Å². The second-order valence-electron chi connectivity index (χ2n) is 7.40. The van der Waals surface area contributed by atoms with E-state index in [4.69, 9.17) is 31.0 Å². The first kappa shape index (κ1) is 21.1. The quantitative estimate of drug-likeness (QED) is 0.363. The molecule has 0 saturated heterocycles. The zero-order valence-electron chi connectivity index (χ0n) is 17.8. The van der Waals surface area contributed by atoms with Gasteiger partial charge in [0.05, 0.1) is 35.8 Å². The maximum atomic E-state index is 13.1. The van der Waals surface area contributed by atoms with Gasteiger partial charge in [-0.15, -0.1) is 0 Å². The minimum Gasteiger partial charge on any atom is -0.496 e. The molecule has 7 nitrogen and oxygen atoms in total. The molecule has 1 amide bonds. The van der Waals surface area contributed by atoms with Crippen molar-refractivity contribution in [2.75, 3.05) is 41.4 Å². The Balaban J connectivity index is 1.98. The van der Waals surface area contributed by atoms with Gasteiger partial charge < -0.3 is 19.7 Å². The van der Waals surface area contributed by atoms with Crippen LogP contribution in [0.2, 0.25) is 5.02 Å². The fourth-order valence-electron chi connectivity index (χ4n) is 3.61. The van der Waals surface area contributed by atoms with Crippen LogP contribution in [0, 0.1) is 0 Å². The third kappa shape index (κ3) is 3.82. The number of hydrogen-bond donors (Lipinski definition) is 1. The fourth-order valence-corrected chi connectivity index (χ4v) is 3.86. The van der Waals surface area contributed by atoms with Gasteiger partial charge in [0.1, 0.15) is 22.6 Å². The number of fused-ring (bicyclic) bond motifs is 4. The Bertz CT molecular complexity index is 1310. The highest BCUT2D eigenvalue weighted by Crippen LogP contribution is 2.37. The predicted octanol–water partition coefficient (Wildman–Crippen LogP) is 3.90. The molecule has 0 radical (unpaired) electrons. The first-order valence-electron chi connectivity index (χ1n) is 9.81. The average Bonchev–Trinajstić information content (AvgIpc) is 2.76. The molecule has 0 aliphatic carbocycles. The molecule has 0 aliphatic heterocycles. The minimum absolute atomic E-state index is 0.262. The SMILES string of the molecule is COc1ccc2nc3ccc4c(OC)ccc(Cl)c4c3nc2c1C(=O)NCCN(C)C. The lowest BCUT2D eigenvalue weighted by atomic mass is 10.1. The first-order chi connectivity index (χ1) is 14.9. The number of benzene rings is 3. The predicted molar refractivity (Wildman–Crippen MR) is 124 cm³/mol. The summed E-state index contributed by atoms with van der Waals surface area (Å²) in [4.78, 5) is 24.7. The average molecular weight is 439 g/mol. The van der Waals surface area contributed by atoms with Crippen LogP contribution in [0.25, 0.3) is 32.8 Å². The van der Waals surface area contributed by atoms with Crippen molar-refractivity contribution in [2.45, 2.75) is 0 Å². The van der Waals surface area contributed by atoms with Crippen LogP contribution in [0.5, 0.6) is 11.5 Å². The van der Waals surface area contributed by atoms with E-state index in [9.17, 15) is 4.79 Å². The molecule has 0 bridgehead atoms. The van der Waals surface area contributed by atoms with Gasteiger partial charge in [0.15, 0.2) is 0 Å². The number of methoxy groups -OCH3 is 2. The molecule has 4 rings (SSSR count). The Morgan fingerprint density at radius 1 is 0.968 bits per heavy atom. The number of ether oxygens (including phenoxy) is 2. The summed E-state index contributed by atoms with van der Waals surface area (Å²) in [5.41, 5.74) is 2.69. The lowest BCUT2D eigenvalue weighted by Crippen LogP contribution is -2.31. The largest absolute Gasteiger partial charge is 0.496 e. The molecular weight excluding hydrogens is 416 g/mol. The van der Waals surface area contributed by atoms with E-state index in [0.29, 0.717) is 57.2 Å². The molecule has 0 spiro atoms. The highest BCUT2D eigenvalue weighted by molar-refractivity contribution is 6.38. The summed E-state index contributed by atoms with van der Waals surface area (Å²) in [6.07, 6.45) is 0. The second-order valence-corrected chi connectivity index (χ2v) is 7.81. The van der Waals surface area contributed by atoms with Crippen molar-refractivity contribution in [1.82, 2.24) is 20.2 Å². The van der Waals surface area contributed by atoms with E-state index in [0.717, 1.165) is 10.8 Å². The zero-order valence-corrected chi connectivity index (χ0v) is 18.6. The van der Waals surface area contributed by atoms with E-state index < -0.39 is 0 Å². The number of hydrogen-bond acceptors (Lipinski definition) is 6. The second kappa shape index (κ2) is 8.53. The number of rotatable bonds is 6. The molecule has 0 saturated carbocycles. The maximum Gasteiger partial charge on any atom is 0.257 e. The summed E-state index contributed by atoms with van der Waals surface area (Å²) in [6.45, 7) is 1.21. The third-order valence-corrected chi connectivity index (χ3v) is 5.45. The van der Waals surface area contributed by atoms with Gasteiger partial charge in [-0.05, 0) is 50.5 Å². The molecule has 0 atom stereocenters. The van der Waals surface area contributed by atoms with Gasteiger partial charge in [0.2, 0.25) is 0 Å². The van der Waals surface area contributed by atoms with E-state index >= 15 is 0 Å². The lowest BCUT2D eigenvalue weighted by Gasteiger charge is -2.14. The van der Waals surface area contributed by atoms with Crippen LogP contribution in [-0.2, 0) is 0 Å². The molecule has 3 aromatic carbocycles. The molecule has 1 N–H and O–H groups in total. The van der Waals surface area contributed by atoms with E-state index in [2.05, 4.69) is 5.32 Å². The van der Waals surface area contributed by atoms with Crippen LogP contribution < -0.4 is 14.8 Å². The van der Waals surface area contributed by atoms with E-state index in [1.54, 1.807) is 25.3 Å². The van der Waals surface area contributed by atoms with E-state index in [-0.39, 0.29) is 5.91 Å². The highest BCUT2D eigenvalue weighted by atomic mass is 35.5. The minimum atomic E-state index is -0.262. The van der Waals surface area contributed by atoms with Gasteiger partial charge in [0.25, 0.3) is 5.91 Å². The monoisotopic (exact) mass is 438 g/mol. The van der Waals surface area contributed by atoms with E-state index in [1.165, 1.54) is 7.11 Å². The molecule has 1 heterocycles. The number of nitrogens with zero attached hydrogens (tertiary/aromatic N) is 3. The number of carbonyl (C=O) groups excluding carboxylic acids is 1. The standard InChI is InChI=1S/C23H23ClN4O3/c1-28(2)12-11-25-23(29)20-18(31-4)10-8-16-22(20)27-21-15(26-16)7-5-13-17(30-3)9-6-14(24)19(13)21/h5-10H,11-12H2,1-4H3,(H,25,29). The fraction of sp³-hybridized carbons (Fsp3) is 0.261. The smallest absolute Gasteiger partial charge is 0.257 e. The Kier molecular flexibility index (Phi) is 5.80. The normalized spacial score (nSPS) is 11.4. The van der Waals surface area contributed by atoms with Crippen LogP contribution in [0.15, 0.2) is 36.4 Å². The number of halogens is 1. The summed E-state index contributed by atoms with van der Waals surface area (Å²) in [7, 11) is 7.04. The lowest BCUT2D eigenvalue weighted by molar-refractivity contribution is 0.0949. The molecule has 0 aliphatic rings. The first-order valence-corrected chi connectivity index (χ1v) is 10.2. The van der Waals surface area contributed by atoms with Gasteiger partial charge >= 0.3 is 0 Å². The molecule has 1 aromatic heterocycles. The van der Waals surface area contributed by atoms with Gasteiger partial charge in [-0.25, -0.2) is 9.97 Å². The van der Waals surface area contributed by atoms with Crippen molar-refractivity contribution >= 4 is 50.3 Å². The molecule has 160 valence electrons. The third-order valence-electron chi connectivity index (χ3n) is 5.14. The molecule has 4 aromatic rings. The Labute approximate surface area is 184 Å². The van der Waals surface area contributed by atoms with Gasteiger partial charge in [-0.2, -0.15) is 0 Å². The zero-order chi connectivity index (χ0) is 22.1. The van der Waals surface area contributed by atoms with Crippen molar-refractivity contribution in [1.29, 1.82) is 0 Å². The number of carbonyl (C=O) groups is 1. The van der Waals surface area contributed by atoms with Gasteiger partial charge in [0, 0.05) is 23.9 Å². The molecule has 8 heteroatoms. The van der Waals surface area contributed by atoms with Crippen LogP contribution in [0.4, 0.5) is 0 Å². The van der Waals surface area contributed by atoms with Crippen molar-refractivity contribution < 1.29 is 14.3 Å². The van der Waals surface area contributed by atoms with Gasteiger partial charge in [-0.1, -0.05) is 11.6 Å². The summed E-state index contributed by atoms with van der Waals surface area (Å²) in [5.74, 6) is 0.866. The summed E-state index contributed by atoms with van der Waals surface area (Å²) in [6, 6.07) is 10.9. The highest BCUT2D eigenvalue weighted by Gasteiger charge is 2.20. The maximum absolute atomic E-state index is 13.1. The molecule has 0 unspecified atom stereocenters. The summed E-state index contributed by atoms with van der Waals surface area (Å²) >= 11 is 6.54. The van der Waals surface area contributed by atoms with Crippen LogP contribution in [-0.4, -0.2) is 62.2 Å². The Morgan fingerprint density at radius 2 is 1.65 bits per heavy atom. The van der Waals surface area contributed by atoms with E-state index in [1.807, 2.05) is 37.2 Å². The summed E-state index contributed by atoms with van der Waals surface area (Å²) in [5, 5.41) is 5.04. The van der Waals surface area contributed by atoms with Crippen molar-refractivity contribution in [3.63, 3.8) is 0 Å². The van der Waals surface area contributed by atoms with Crippen molar-refractivity contribution in [2.24, 2.45) is 0 Å². The molecular formula is C23H23ClN4O3. The van der Waals surface area contributed by atoms with Crippen LogP contribution >= 0.6 is 11.6 Å². The number of likely N-dealkylation sites (N-methyl/N-ethyl adjacent to an activating group) is 1. The van der Waals surface area contributed by atoms with Crippen LogP contribution in [0.1, 0.15) is 10.4 Å². The van der Waals surface area contributed by atoms with Crippen molar-refractivity contribution in [3.05, 3.63) is 47.0 Å². The molecule has 0 fully saturated rings. The summed E-state index contributed by atoms with van der Waals surface area (Å²) < 4.78 is 11.0. The Morgan fingerprint density at radius 3 is 2.35 bits per heavy atom. The molecule has 31 heavy (non-hydrogen) atoms. The number of nitrogens with one attached hydrogen (secondary N) is 1. The van der Waals surface area contributed by atoms with Gasteiger partial charge in [-0.3, -0.25) is 4.79 Å². The number of aromatic nitrogens is 2. The Hall–Kier alpha value is -3.16. The number of amides is 1. The topological polar surface area (TPSA) is 76.6 Å².